The Morgan fingerprint density at radius 3 is 2.73 bits per heavy atom. The molecule has 1 unspecified atom stereocenters. The number of aryl methyl sites for hydroxylation is 1. The Kier molecular flexibility index (Phi) is 5.77. The molecule has 0 radical (unpaired) electrons. The number of rotatable bonds is 6. The predicted octanol–water partition coefficient (Wildman–Crippen LogP) is 3.63. The van der Waals surface area contributed by atoms with Crippen LogP contribution in [0.1, 0.15) is 28.3 Å². The first-order valence-corrected chi connectivity index (χ1v) is 10.1. The van der Waals surface area contributed by atoms with E-state index in [1.165, 1.54) is 29.5 Å². The van der Waals surface area contributed by atoms with E-state index in [0.717, 1.165) is 13.0 Å². The molecule has 0 spiro atoms. The fraction of sp³-hybridized carbons (Fsp3) is 0.250. The van der Waals surface area contributed by atoms with Crippen LogP contribution < -0.4 is 5.32 Å². The molecule has 1 atom stereocenters. The summed E-state index contributed by atoms with van der Waals surface area (Å²) in [5.74, 6) is -0.0544. The molecule has 2 heterocycles. The molecular formula is C20H19N5O4S. The van der Waals surface area contributed by atoms with Crippen molar-refractivity contribution in [2.45, 2.75) is 22.4 Å². The zero-order chi connectivity index (χ0) is 21.1. The minimum Gasteiger partial charge on any atom is -0.381 e. The van der Waals surface area contributed by atoms with Crippen LogP contribution in [0.4, 0.5) is 11.4 Å². The number of hydrogen-bond acceptors (Lipinski definition) is 7. The lowest BCUT2D eigenvalue weighted by Crippen LogP contribution is -2.13. The molecule has 1 aliphatic heterocycles. The van der Waals surface area contributed by atoms with E-state index in [1.807, 2.05) is 24.3 Å². The standard InChI is InChI=1S/C20H19N5O4S/c1-24-12-21-23-20(24)30-18-7-6-16(25(27)28)10-17(18)19(26)22-15-4-2-13(3-5-15)14-8-9-29-11-14/h2-7,10,12,14H,8-9,11H2,1H3,(H,22,26). The zero-order valence-corrected chi connectivity index (χ0v) is 17.0. The van der Waals surface area contributed by atoms with Gasteiger partial charge < -0.3 is 14.6 Å². The molecule has 2 aromatic carbocycles. The quantitative estimate of drug-likeness (QED) is 0.474. The van der Waals surface area contributed by atoms with Crippen molar-refractivity contribution in [2.75, 3.05) is 18.5 Å². The van der Waals surface area contributed by atoms with Crippen molar-refractivity contribution in [3.63, 3.8) is 0 Å². The van der Waals surface area contributed by atoms with Crippen LogP contribution in [0, 0.1) is 10.1 Å². The SMILES string of the molecule is Cn1cnnc1Sc1ccc([N+](=O)[O-])cc1C(=O)Nc1ccc(C2CCOC2)cc1. The number of ether oxygens (including phenoxy) is 1. The molecule has 1 fully saturated rings. The van der Waals surface area contributed by atoms with E-state index in [-0.39, 0.29) is 11.3 Å². The van der Waals surface area contributed by atoms with Crippen molar-refractivity contribution < 1.29 is 14.5 Å². The maximum Gasteiger partial charge on any atom is 0.270 e. The van der Waals surface area contributed by atoms with Gasteiger partial charge in [0, 0.05) is 42.3 Å². The highest BCUT2D eigenvalue weighted by Crippen LogP contribution is 2.32. The van der Waals surface area contributed by atoms with Gasteiger partial charge in [0.25, 0.3) is 11.6 Å². The molecule has 154 valence electrons. The number of carbonyl (C=O) groups excluding carboxylic acids is 1. The van der Waals surface area contributed by atoms with Crippen LogP contribution in [0.25, 0.3) is 0 Å². The maximum atomic E-state index is 13.0. The molecule has 9 nitrogen and oxygen atoms in total. The van der Waals surface area contributed by atoms with Crippen LogP contribution in [0.2, 0.25) is 0 Å². The molecule has 1 aliphatic rings. The summed E-state index contributed by atoms with van der Waals surface area (Å²) in [6, 6.07) is 11.8. The molecule has 10 heteroatoms. The second-order valence-electron chi connectivity index (χ2n) is 6.90. The van der Waals surface area contributed by atoms with Gasteiger partial charge in [0.1, 0.15) is 6.33 Å². The first kappa shape index (κ1) is 20.0. The number of carbonyl (C=O) groups is 1. The lowest BCUT2D eigenvalue weighted by molar-refractivity contribution is -0.384. The number of nitrogens with zero attached hydrogens (tertiary/aromatic N) is 4. The number of nitrogens with one attached hydrogen (secondary N) is 1. The summed E-state index contributed by atoms with van der Waals surface area (Å²) in [5, 5.41) is 22.4. The summed E-state index contributed by atoms with van der Waals surface area (Å²) in [7, 11) is 1.78. The van der Waals surface area contributed by atoms with Crippen LogP contribution in [0.5, 0.6) is 0 Å². The molecule has 30 heavy (non-hydrogen) atoms. The second kappa shape index (κ2) is 8.64. The number of benzene rings is 2. The highest BCUT2D eigenvalue weighted by molar-refractivity contribution is 7.99. The van der Waals surface area contributed by atoms with E-state index in [2.05, 4.69) is 15.5 Å². The van der Waals surface area contributed by atoms with Gasteiger partial charge in [0.05, 0.1) is 17.1 Å². The number of anilines is 1. The second-order valence-corrected chi connectivity index (χ2v) is 7.91. The molecule has 3 aromatic rings. The average molecular weight is 425 g/mol. The van der Waals surface area contributed by atoms with E-state index < -0.39 is 10.8 Å². The molecule has 0 bridgehead atoms. The Balaban J connectivity index is 1.57. The van der Waals surface area contributed by atoms with Crippen LogP contribution in [0.3, 0.4) is 0 Å². The first-order chi connectivity index (χ1) is 14.5. The highest BCUT2D eigenvalue weighted by Gasteiger charge is 2.20. The van der Waals surface area contributed by atoms with Crippen molar-refractivity contribution in [3.8, 4) is 0 Å². The van der Waals surface area contributed by atoms with Gasteiger partial charge in [-0.25, -0.2) is 0 Å². The summed E-state index contributed by atoms with van der Waals surface area (Å²) in [4.78, 5) is 24.2. The molecule has 1 N–H and O–H groups in total. The van der Waals surface area contributed by atoms with E-state index in [4.69, 9.17) is 4.74 Å². The molecule has 1 amide bonds. The van der Waals surface area contributed by atoms with Gasteiger partial charge in [-0.3, -0.25) is 14.9 Å². The van der Waals surface area contributed by atoms with Crippen molar-refractivity contribution in [1.29, 1.82) is 0 Å². The van der Waals surface area contributed by atoms with Crippen LogP contribution in [-0.2, 0) is 11.8 Å². The van der Waals surface area contributed by atoms with Gasteiger partial charge in [-0.15, -0.1) is 10.2 Å². The monoisotopic (exact) mass is 425 g/mol. The van der Waals surface area contributed by atoms with E-state index >= 15 is 0 Å². The predicted molar refractivity (Wildman–Crippen MR) is 111 cm³/mol. The molecule has 4 rings (SSSR count). The maximum absolute atomic E-state index is 13.0. The van der Waals surface area contributed by atoms with Gasteiger partial charge in [-0.1, -0.05) is 12.1 Å². The minimum absolute atomic E-state index is 0.154. The van der Waals surface area contributed by atoms with Crippen LogP contribution in [-0.4, -0.2) is 38.8 Å². The summed E-state index contributed by atoms with van der Waals surface area (Å²) >= 11 is 1.22. The zero-order valence-electron chi connectivity index (χ0n) is 16.1. The number of aromatic nitrogens is 3. The smallest absolute Gasteiger partial charge is 0.270 e. The van der Waals surface area contributed by atoms with Gasteiger partial charge in [0.2, 0.25) is 0 Å². The number of non-ortho nitro benzene ring substituents is 1. The number of hydrogen-bond donors (Lipinski definition) is 1. The molecule has 1 saturated heterocycles. The lowest BCUT2D eigenvalue weighted by atomic mass is 9.98. The highest BCUT2D eigenvalue weighted by atomic mass is 32.2. The van der Waals surface area contributed by atoms with E-state index in [1.54, 1.807) is 24.0 Å². The third-order valence-electron chi connectivity index (χ3n) is 4.86. The van der Waals surface area contributed by atoms with Crippen LogP contribution in [0.15, 0.2) is 58.8 Å². The van der Waals surface area contributed by atoms with Gasteiger partial charge in [-0.05, 0) is 41.9 Å². The molecule has 0 saturated carbocycles. The number of nitro benzene ring substituents is 1. The molecular weight excluding hydrogens is 406 g/mol. The third kappa shape index (κ3) is 4.34. The largest absolute Gasteiger partial charge is 0.381 e. The average Bonchev–Trinajstić information content (AvgIpc) is 3.41. The van der Waals surface area contributed by atoms with Gasteiger partial charge in [-0.2, -0.15) is 0 Å². The summed E-state index contributed by atoms with van der Waals surface area (Å²) < 4.78 is 7.13. The van der Waals surface area contributed by atoms with Crippen molar-refractivity contribution in [2.24, 2.45) is 7.05 Å². The fourth-order valence-corrected chi connectivity index (χ4v) is 4.07. The van der Waals surface area contributed by atoms with Crippen molar-refractivity contribution >= 4 is 29.0 Å². The van der Waals surface area contributed by atoms with Crippen molar-refractivity contribution in [3.05, 3.63) is 70.0 Å². The van der Waals surface area contributed by atoms with E-state index in [9.17, 15) is 14.9 Å². The normalized spacial score (nSPS) is 15.8. The Bertz CT molecular complexity index is 1080. The molecule has 0 aliphatic carbocycles. The summed E-state index contributed by atoms with van der Waals surface area (Å²) in [5.41, 5.74) is 1.83. The number of nitro groups is 1. The molecule has 1 aromatic heterocycles. The third-order valence-corrected chi connectivity index (χ3v) is 5.99. The van der Waals surface area contributed by atoms with E-state index in [0.29, 0.717) is 28.3 Å². The summed E-state index contributed by atoms with van der Waals surface area (Å²) in [6.45, 7) is 1.48. The first-order valence-electron chi connectivity index (χ1n) is 9.30. The van der Waals surface area contributed by atoms with Crippen molar-refractivity contribution in [1.82, 2.24) is 14.8 Å². The number of amides is 1. The van der Waals surface area contributed by atoms with Gasteiger partial charge in [0.15, 0.2) is 5.16 Å². The van der Waals surface area contributed by atoms with Crippen LogP contribution >= 0.6 is 11.8 Å². The van der Waals surface area contributed by atoms with Gasteiger partial charge >= 0.3 is 0 Å². The lowest BCUT2D eigenvalue weighted by Gasteiger charge is -2.12. The Labute approximate surface area is 176 Å². The summed E-state index contributed by atoms with van der Waals surface area (Å²) in [6.07, 6.45) is 2.53. The Hall–Kier alpha value is -3.24. The minimum atomic E-state index is -0.522. The topological polar surface area (TPSA) is 112 Å². The fourth-order valence-electron chi connectivity index (χ4n) is 3.20. The Morgan fingerprint density at radius 2 is 2.10 bits per heavy atom. The Morgan fingerprint density at radius 1 is 1.30 bits per heavy atom.